The first-order valence-corrected chi connectivity index (χ1v) is 8.04. The molecule has 116 valence electrons. The van der Waals surface area contributed by atoms with Crippen molar-refractivity contribution in [2.45, 2.75) is 38.1 Å². The maximum Gasteiger partial charge on any atom is 0.244 e. The second-order valence-corrected chi connectivity index (χ2v) is 6.97. The third kappa shape index (κ3) is 3.33. The molecule has 20 heavy (non-hydrogen) atoms. The van der Waals surface area contributed by atoms with Crippen molar-refractivity contribution in [3.63, 3.8) is 0 Å². The predicted molar refractivity (Wildman–Crippen MR) is 80.7 cm³/mol. The smallest absolute Gasteiger partial charge is 0.244 e. The first kappa shape index (κ1) is 17.4. The number of piperidine rings is 1. The van der Waals surface area contributed by atoms with Crippen molar-refractivity contribution < 1.29 is 8.42 Å². The summed E-state index contributed by atoms with van der Waals surface area (Å²) >= 11 is 0. The van der Waals surface area contributed by atoms with Gasteiger partial charge in [0.1, 0.15) is 4.90 Å². The molecule has 6 nitrogen and oxygen atoms in total. The van der Waals surface area contributed by atoms with Gasteiger partial charge in [0.2, 0.25) is 10.0 Å². The third-order valence-corrected chi connectivity index (χ3v) is 5.59. The number of aryl methyl sites for hydroxylation is 2. The van der Waals surface area contributed by atoms with Gasteiger partial charge < -0.3 is 5.32 Å². The highest BCUT2D eigenvalue weighted by molar-refractivity contribution is 7.89. The van der Waals surface area contributed by atoms with Crippen LogP contribution in [0.25, 0.3) is 0 Å². The van der Waals surface area contributed by atoms with Gasteiger partial charge in [-0.05, 0) is 32.7 Å². The van der Waals surface area contributed by atoms with Crippen LogP contribution in [0.5, 0.6) is 0 Å². The number of halogens is 1. The summed E-state index contributed by atoms with van der Waals surface area (Å²) < 4.78 is 29.4. The van der Waals surface area contributed by atoms with Crippen molar-refractivity contribution in [1.29, 1.82) is 0 Å². The minimum Gasteiger partial charge on any atom is -0.315 e. The molecule has 2 atom stereocenters. The van der Waals surface area contributed by atoms with Crippen LogP contribution >= 0.6 is 12.4 Å². The molecular formula is C12H23ClN4O2S. The molecule has 1 saturated heterocycles. The Morgan fingerprint density at radius 3 is 2.55 bits per heavy atom. The molecule has 1 aliphatic heterocycles. The normalized spacial score (nSPS) is 23.4. The first-order chi connectivity index (χ1) is 8.83. The zero-order chi connectivity index (χ0) is 14.2. The lowest BCUT2D eigenvalue weighted by Crippen LogP contribution is -2.50. The molecule has 0 amide bonds. The molecule has 0 bridgehead atoms. The quantitative estimate of drug-likeness (QED) is 0.860. The fourth-order valence-corrected chi connectivity index (χ4v) is 4.33. The van der Waals surface area contributed by atoms with Crippen LogP contribution in [0.3, 0.4) is 0 Å². The van der Waals surface area contributed by atoms with Crippen LogP contribution in [0.15, 0.2) is 4.90 Å². The van der Waals surface area contributed by atoms with E-state index in [0.717, 1.165) is 13.0 Å². The number of rotatable bonds is 3. The minimum absolute atomic E-state index is 0. The van der Waals surface area contributed by atoms with Gasteiger partial charge in [0.25, 0.3) is 0 Å². The van der Waals surface area contributed by atoms with E-state index >= 15 is 0 Å². The molecule has 2 N–H and O–H groups in total. The Morgan fingerprint density at radius 1 is 1.40 bits per heavy atom. The summed E-state index contributed by atoms with van der Waals surface area (Å²) in [6.45, 7) is 7.21. The zero-order valence-corrected chi connectivity index (χ0v) is 13.9. The number of nitrogens with zero attached hydrogens (tertiary/aromatic N) is 2. The molecule has 2 rings (SSSR count). The minimum atomic E-state index is -3.51. The summed E-state index contributed by atoms with van der Waals surface area (Å²) in [4.78, 5) is 0.313. The highest BCUT2D eigenvalue weighted by atomic mass is 35.5. The van der Waals surface area contributed by atoms with Gasteiger partial charge in [-0.3, -0.25) is 4.68 Å². The Kier molecular flexibility index (Phi) is 5.60. The van der Waals surface area contributed by atoms with Gasteiger partial charge in [0, 0.05) is 19.6 Å². The van der Waals surface area contributed by atoms with E-state index in [0.29, 0.717) is 28.7 Å². The fourth-order valence-electron chi connectivity index (χ4n) is 2.55. The Morgan fingerprint density at radius 2 is 2.05 bits per heavy atom. The number of nitrogens with one attached hydrogen (secondary N) is 2. The van der Waals surface area contributed by atoms with E-state index in [-0.39, 0.29) is 18.4 Å². The van der Waals surface area contributed by atoms with Gasteiger partial charge in [0.05, 0.1) is 11.4 Å². The van der Waals surface area contributed by atoms with Crippen molar-refractivity contribution in [2.24, 2.45) is 13.0 Å². The van der Waals surface area contributed by atoms with Crippen LogP contribution in [-0.2, 0) is 17.1 Å². The Bertz CT molecular complexity index is 570. The molecule has 0 aromatic carbocycles. The van der Waals surface area contributed by atoms with Crippen molar-refractivity contribution in [1.82, 2.24) is 19.8 Å². The Balaban J connectivity index is 0.00000200. The van der Waals surface area contributed by atoms with Gasteiger partial charge in [0.15, 0.2) is 0 Å². The van der Waals surface area contributed by atoms with Gasteiger partial charge in [-0.2, -0.15) is 5.10 Å². The fraction of sp³-hybridized carbons (Fsp3) is 0.750. The maximum atomic E-state index is 12.5. The van der Waals surface area contributed by atoms with E-state index in [1.807, 2.05) is 0 Å². The molecule has 2 heterocycles. The summed E-state index contributed by atoms with van der Waals surface area (Å²) in [6.07, 6.45) is 0.984. The lowest BCUT2D eigenvalue weighted by molar-refractivity contribution is 0.327. The molecule has 0 radical (unpaired) electrons. The standard InChI is InChI=1S/C12H22N4O2S.ClH/c1-8-5-6-13-7-11(8)15-19(17,18)12-9(2)14-16(4)10(12)3;/h8,11,13,15H,5-7H2,1-4H3;1H. The zero-order valence-electron chi connectivity index (χ0n) is 12.3. The molecule has 1 aromatic heterocycles. The topological polar surface area (TPSA) is 76.0 Å². The van der Waals surface area contributed by atoms with Gasteiger partial charge >= 0.3 is 0 Å². The van der Waals surface area contributed by atoms with E-state index < -0.39 is 10.0 Å². The lowest BCUT2D eigenvalue weighted by Gasteiger charge is -2.30. The first-order valence-electron chi connectivity index (χ1n) is 6.56. The maximum absolute atomic E-state index is 12.5. The summed E-state index contributed by atoms with van der Waals surface area (Å²) in [6, 6.07) is -0.0576. The van der Waals surface area contributed by atoms with Crippen molar-refractivity contribution in [3.8, 4) is 0 Å². The average Bonchev–Trinajstić information content (AvgIpc) is 2.56. The summed E-state index contributed by atoms with van der Waals surface area (Å²) in [5, 5.41) is 7.40. The molecule has 1 aliphatic rings. The Labute approximate surface area is 126 Å². The monoisotopic (exact) mass is 322 g/mol. The van der Waals surface area contributed by atoms with Gasteiger partial charge in [-0.15, -0.1) is 12.4 Å². The van der Waals surface area contributed by atoms with Gasteiger partial charge in [-0.25, -0.2) is 13.1 Å². The van der Waals surface area contributed by atoms with E-state index in [4.69, 9.17) is 0 Å². The molecule has 1 aromatic rings. The van der Waals surface area contributed by atoms with Crippen molar-refractivity contribution >= 4 is 22.4 Å². The average molecular weight is 323 g/mol. The number of hydrogen-bond donors (Lipinski definition) is 2. The molecule has 0 aliphatic carbocycles. The predicted octanol–water partition coefficient (Wildman–Crippen LogP) is 0.735. The van der Waals surface area contributed by atoms with Crippen LogP contribution in [0.2, 0.25) is 0 Å². The number of sulfonamides is 1. The second kappa shape index (κ2) is 6.43. The van der Waals surface area contributed by atoms with Crippen LogP contribution in [-0.4, -0.2) is 37.3 Å². The molecule has 8 heteroatoms. The van der Waals surface area contributed by atoms with E-state index in [1.165, 1.54) is 0 Å². The second-order valence-electron chi connectivity index (χ2n) is 5.32. The molecule has 2 unspecified atom stereocenters. The number of aromatic nitrogens is 2. The van der Waals surface area contributed by atoms with Gasteiger partial charge in [-0.1, -0.05) is 6.92 Å². The van der Waals surface area contributed by atoms with Crippen molar-refractivity contribution in [3.05, 3.63) is 11.4 Å². The van der Waals surface area contributed by atoms with E-state index in [2.05, 4.69) is 22.1 Å². The van der Waals surface area contributed by atoms with Crippen LogP contribution in [0.1, 0.15) is 24.7 Å². The highest BCUT2D eigenvalue weighted by Gasteiger charge is 2.30. The van der Waals surface area contributed by atoms with Crippen molar-refractivity contribution in [2.75, 3.05) is 13.1 Å². The van der Waals surface area contributed by atoms with Crippen LogP contribution < -0.4 is 10.0 Å². The number of hydrogen-bond acceptors (Lipinski definition) is 4. The summed E-state index contributed by atoms with van der Waals surface area (Å²) in [5.74, 6) is 0.341. The molecular weight excluding hydrogens is 300 g/mol. The molecule has 1 fully saturated rings. The van der Waals surface area contributed by atoms with Crippen LogP contribution in [0, 0.1) is 19.8 Å². The SMILES string of the molecule is Cc1nn(C)c(C)c1S(=O)(=O)NC1CNCCC1C.Cl. The molecule has 0 spiro atoms. The van der Waals surface area contributed by atoms with Crippen LogP contribution in [0.4, 0.5) is 0 Å². The largest absolute Gasteiger partial charge is 0.315 e. The van der Waals surface area contributed by atoms with E-state index in [9.17, 15) is 8.42 Å². The highest BCUT2D eigenvalue weighted by Crippen LogP contribution is 2.20. The van der Waals surface area contributed by atoms with E-state index in [1.54, 1.807) is 25.6 Å². The summed E-state index contributed by atoms with van der Waals surface area (Å²) in [5.41, 5.74) is 1.21. The lowest BCUT2D eigenvalue weighted by atomic mass is 9.96. The third-order valence-electron chi connectivity index (χ3n) is 3.85. The summed E-state index contributed by atoms with van der Waals surface area (Å²) in [7, 11) is -1.75. The Hall–Kier alpha value is -0.630. The molecule has 0 saturated carbocycles.